The molecule has 0 saturated carbocycles. The Morgan fingerprint density at radius 3 is 2.71 bits per heavy atom. The topological polar surface area (TPSA) is 47.6 Å². The molecule has 17 heavy (non-hydrogen) atoms. The molecular weight excluding hydrogens is 218 g/mol. The van der Waals surface area contributed by atoms with Crippen molar-refractivity contribution in [1.29, 1.82) is 0 Å². The van der Waals surface area contributed by atoms with Crippen LogP contribution < -0.4 is 14.8 Å². The van der Waals surface area contributed by atoms with Crippen LogP contribution in [0.25, 0.3) is 0 Å². The monoisotopic (exact) mass is 237 g/mol. The number of hydrogen-bond donors (Lipinski definition) is 1. The highest BCUT2D eigenvalue weighted by molar-refractivity contribution is 5.72. The van der Waals surface area contributed by atoms with E-state index in [4.69, 9.17) is 9.47 Å². The lowest BCUT2D eigenvalue weighted by Crippen LogP contribution is -2.22. The van der Waals surface area contributed by atoms with Crippen LogP contribution in [-0.4, -0.2) is 26.2 Å². The zero-order chi connectivity index (χ0) is 12.7. The fourth-order valence-electron chi connectivity index (χ4n) is 1.53. The smallest absolute Gasteiger partial charge is 0.216 e. The third-order valence-corrected chi connectivity index (χ3v) is 2.32. The van der Waals surface area contributed by atoms with Crippen molar-refractivity contribution < 1.29 is 14.3 Å². The van der Waals surface area contributed by atoms with Crippen LogP contribution in [0.4, 0.5) is 0 Å². The summed E-state index contributed by atoms with van der Waals surface area (Å²) in [5.74, 6) is 1.47. The molecule has 0 aliphatic heterocycles. The molecule has 0 heterocycles. The Hall–Kier alpha value is -1.71. The Bertz CT molecular complexity index is 377. The van der Waals surface area contributed by atoms with Crippen LogP contribution in [0.3, 0.4) is 0 Å². The molecule has 0 saturated heterocycles. The fourth-order valence-corrected chi connectivity index (χ4v) is 1.53. The summed E-state index contributed by atoms with van der Waals surface area (Å²) in [6.07, 6.45) is 0.781. The molecule has 0 bridgehead atoms. The first-order valence-electron chi connectivity index (χ1n) is 5.71. The average Bonchev–Trinajstić information content (AvgIpc) is 2.29. The number of benzene rings is 1. The summed E-state index contributed by atoms with van der Waals surface area (Å²) >= 11 is 0. The second-order valence-electron chi connectivity index (χ2n) is 3.65. The number of rotatable bonds is 6. The van der Waals surface area contributed by atoms with Gasteiger partial charge in [0.1, 0.15) is 0 Å². The van der Waals surface area contributed by atoms with Crippen molar-refractivity contribution in [3.63, 3.8) is 0 Å². The van der Waals surface area contributed by atoms with Gasteiger partial charge in [-0.05, 0) is 31.0 Å². The first-order valence-corrected chi connectivity index (χ1v) is 5.71. The van der Waals surface area contributed by atoms with Gasteiger partial charge in [0.25, 0.3) is 0 Å². The quantitative estimate of drug-likeness (QED) is 0.820. The summed E-state index contributed by atoms with van der Waals surface area (Å²) in [5.41, 5.74) is 1.11. The summed E-state index contributed by atoms with van der Waals surface area (Å²) in [6.45, 7) is 4.68. The third kappa shape index (κ3) is 4.34. The molecular formula is C13H19NO3. The molecule has 0 spiro atoms. The van der Waals surface area contributed by atoms with E-state index < -0.39 is 0 Å². The van der Waals surface area contributed by atoms with Crippen molar-refractivity contribution in [3.8, 4) is 11.5 Å². The second-order valence-corrected chi connectivity index (χ2v) is 3.65. The van der Waals surface area contributed by atoms with E-state index >= 15 is 0 Å². The lowest BCUT2D eigenvalue weighted by Gasteiger charge is -2.11. The first-order chi connectivity index (χ1) is 8.17. The molecule has 0 atom stereocenters. The van der Waals surface area contributed by atoms with Gasteiger partial charge in [-0.1, -0.05) is 6.07 Å². The van der Waals surface area contributed by atoms with Crippen molar-refractivity contribution in [1.82, 2.24) is 5.32 Å². The van der Waals surface area contributed by atoms with E-state index in [0.717, 1.165) is 23.5 Å². The zero-order valence-electron chi connectivity index (χ0n) is 10.6. The van der Waals surface area contributed by atoms with Crippen LogP contribution in [0, 0.1) is 0 Å². The predicted molar refractivity (Wildman–Crippen MR) is 66.6 cm³/mol. The molecule has 1 aromatic rings. The molecule has 1 amide bonds. The minimum Gasteiger partial charge on any atom is -0.493 e. The molecule has 4 heteroatoms. The minimum absolute atomic E-state index is 0.0106. The highest BCUT2D eigenvalue weighted by Crippen LogP contribution is 2.28. The molecule has 0 fully saturated rings. The molecule has 0 aromatic heterocycles. The largest absolute Gasteiger partial charge is 0.493 e. The Morgan fingerprint density at radius 2 is 2.12 bits per heavy atom. The standard InChI is InChI=1S/C13H19NO3/c1-4-17-13-9-11(5-6-12(13)16-3)7-8-14-10(2)15/h5-6,9H,4,7-8H2,1-3H3,(H,14,15). The molecule has 0 aliphatic carbocycles. The highest BCUT2D eigenvalue weighted by Gasteiger charge is 2.05. The van der Waals surface area contributed by atoms with Gasteiger partial charge in [-0.3, -0.25) is 4.79 Å². The van der Waals surface area contributed by atoms with E-state index in [1.807, 2.05) is 25.1 Å². The van der Waals surface area contributed by atoms with Crippen molar-refractivity contribution in [2.24, 2.45) is 0 Å². The van der Waals surface area contributed by atoms with Gasteiger partial charge in [-0.2, -0.15) is 0 Å². The Morgan fingerprint density at radius 1 is 1.35 bits per heavy atom. The van der Waals surface area contributed by atoms with Gasteiger partial charge in [-0.25, -0.2) is 0 Å². The van der Waals surface area contributed by atoms with E-state index in [9.17, 15) is 4.79 Å². The minimum atomic E-state index is -0.0106. The molecule has 1 N–H and O–H groups in total. The van der Waals surface area contributed by atoms with E-state index in [0.29, 0.717) is 13.2 Å². The lowest BCUT2D eigenvalue weighted by atomic mass is 10.1. The van der Waals surface area contributed by atoms with Crippen molar-refractivity contribution in [2.45, 2.75) is 20.3 Å². The second kappa shape index (κ2) is 6.78. The summed E-state index contributed by atoms with van der Waals surface area (Å²) in [4.78, 5) is 10.7. The Labute approximate surface area is 102 Å². The third-order valence-electron chi connectivity index (χ3n) is 2.32. The number of amides is 1. The van der Waals surface area contributed by atoms with Crippen molar-refractivity contribution in [2.75, 3.05) is 20.3 Å². The predicted octanol–water partition coefficient (Wildman–Crippen LogP) is 1.77. The van der Waals surface area contributed by atoms with Gasteiger partial charge in [-0.15, -0.1) is 0 Å². The molecule has 94 valence electrons. The van der Waals surface area contributed by atoms with E-state index in [1.54, 1.807) is 7.11 Å². The van der Waals surface area contributed by atoms with Crippen LogP contribution in [0.2, 0.25) is 0 Å². The van der Waals surface area contributed by atoms with Gasteiger partial charge in [0.2, 0.25) is 5.91 Å². The number of methoxy groups -OCH3 is 1. The maximum absolute atomic E-state index is 10.7. The Kier molecular flexibility index (Phi) is 5.33. The maximum Gasteiger partial charge on any atom is 0.216 e. The highest BCUT2D eigenvalue weighted by atomic mass is 16.5. The van der Waals surface area contributed by atoms with Crippen LogP contribution in [-0.2, 0) is 11.2 Å². The van der Waals surface area contributed by atoms with Gasteiger partial charge >= 0.3 is 0 Å². The van der Waals surface area contributed by atoms with Gasteiger partial charge in [0, 0.05) is 13.5 Å². The molecule has 4 nitrogen and oxygen atoms in total. The number of ether oxygens (including phenoxy) is 2. The lowest BCUT2D eigenvalue weighted by molar-refractivity contribution is -0.118. The van der Waals surface area contributed by atoms with Crippen LogP contribution in [0.15, 0.2) is 18.2 Å². The SMILES string of the molecule is CCOc1cc(CCNC(C)=O)ccc1OC. The summed E-state index contributed by atoms with van der Waals surface area (Å²) < 4.78 is 10.7. The number of carbonyl (C=O) groups excluding carboxylic acids is 1. The van der Waals surface area contributed by atoms with Crippen LogP contribution >= 0.6 is 0 Å². The van der Waals surface area contributed by atoms with E-state index in [-0.39, 0.29) is 5.91 Å². The molecule has 1 aromatic carbocycles. The number of carbonyl (C=O) groups is 1. The first kappa shape index (κ1) is 13.4. The van der Waals surface area contributed by atoms with Gasteiger partial charge < -0.3 is 14.8 Å². The number of hydrogen-bond acceptors (Lipinski definition) is 3. The average molecular weight is 237 g/mol. The molecule has 0 aliphatic rings. The summed E-state index contributed by atoms with van der Waals surface area (Å²) in [5, 5.41) is 2.76. The van der Waals surface area contributed by atoms with Crippen LogP contribution in [0.5, 0.6) is 11.5 Å². The summed E-state index contributed by atoms with van der Waals surface area (Å²) in [6, 6.07) is 5.81. The van der Waals surface area contributed by atoms with Crippen molar-refractivity contribution in [3.05, 3.63) is 23.8 Å². The van der Waals surface area contributed by atoms with Crippen LogP contribution in [0.1, 0.15) is 19.4 Å². The molecule has 0 unspecified atom stereocenters. The normalized spacial score (nSPS) is 9.82. The molecule has 0 radical (unpaired) electrons. The molecule has 1 rings (SSSR count). The van der Waals surface area contributed by atoms with Gasteiger partial charge in [0.05, 0.1) is 13.7 Å². The summed E-state index contributed by atoms with van der Waals surface area (Å²) in [7, 11) is 1.62. The van der Waals surface area contributed by atoms with E-state index in [1.165, 1.54) is 6.92 Å². The van der Waals surface area contributed by atoms with E-state index in [2.05, 4.69) is 5.32 Å². The van der Waals surface area contributed by atoms with Gasteiger partial charge in [0.15, 0.2) is 11.5 Å². The Balaban J connectivity index is 2.67. The zero-order valence-corrected chi connectivity index (χ0v) is 10.6. The number of nitrogens with one attached hydrogen (secondary N) is 1. The van der Waals surface area contributed by atoms with Crippen molar-refractivity contribution >= 4 is 5.91 Å². The maximum atomic E-state index is 10.7. The fraction of sp³-hybridized carbons (Fsp3) is 0.462.